The van der Waals surface area contributed by atoms with Crippen LogP contribution in [-0.4, -0.2) is 29.8 Å². The lowest BCUT2D eigenvalue weighted by Crippen LogP contribution is -2.22. The highest BCUT2D eigenvalue weighted by Crippen LogP contribution is 2.18. The van der Waals surface area contributed by atoms with E-state index in [1.807, 2.05) is 38.1 Å². The molecule has 0 bridgehead atoms. The van der Waals surface area contributed by atoms with Gasteiger partial charge in [-0.2, -0.15) is 13.2 Å². The van der Waals surface area contributed by atoms with Crippen LogP contribution in [0.4, 0.5) is 18.9 Å². The number of halogens is 3. The molecular formula is C18H21F3N4O2. The van der Waals surface area contributed by atoms with Gasteiger partial charge in [-0.05, 0) is 43.7 Å². The van der Waals surface area contributed by atoms with Crippen LogP contribution in [0, 0.1) is 0 Å². The van der Waals surface area contributed by atoms with E-state index in [2.05, 4.69) is 20.0 Å². The molecule has 27 heavy (non-hydrogen) atoms. The van der Waals surface area contributed by atoms with Gasteiger partial charge < -0.3 is 20.5 Å². The van der Waals surface area contributed by atoms with Crippen molar-refractivity contribution in [2.45, 2.75) is 32.7 Å². The average Bonchev–Trinajstić information content (AvgIpc) is 2.60. The third-order valence-electron chi connectivity index (χ3n) is 3.11. The van der Waals surface area contributed by atoms with Crippen molar-refractivity contribution in [3.63, 3.8) is 0 Å². The van der Waals surface area contributed by atoms with Crippen LogP contribution in [0.3, 0.4) is 0 Å². The summed E-state index contributed by atoms with van der Waals surface area (Å²) in [5.74, 6) is 0.852. The van der Waals surface area contributed by atoms with Crippen molar-refractivity contribution in [2.24, 2.45) is 10.7 Å². The Balaban J connectivity index is 1.85. The van der Waals surface area contributed by atoms with Crippen molar-refractivity contribution in [3.8, 4) is 11.6 Å². The lowest BCUT2D eigenvalue weighted by Gasteiger charge is -2.11. The Morgan fingerprint density at radius 2 is 1.89 bits per heavy atom. The molecule has 0 aliphatic heterocycles. The van der Waals surface area contributed by atoms with Crippen LogP contribution >= 0.6 is 0 Å². The quantitative estimate of drug-likeness (QED) is 0.563. The minimum absolute atomic E-state index is 0.0919. The zero-order valence-corrected chi connectivity index (χ0v) is 15.0. The fourth-order valence-electron chi connectivity index (χ4n) is 2.00. The number of hydrogen-bond acceptors (Lipinski definition) is 4. The Hall–Kier alpha value is -2.97. The van der Waals surface area contributed by atoms with E-state index in [1.165, 1.54) is 12.3 Å². The van der Waals surface area contributed by atoms with Gasteiger partial charge in [0.25, 0.3) is 0 Å². The van der Waals surface area contributed by atoms with Crippen LogP contribution in [0.5, 0.6) is 11.6 Å². The monoisotopic (exact) mass is 382 g/mol. The van der Waals surface area contributed by atoms with E-state index in [9.17, 15) is 13.2 Å². The molecule has 1 aromatic carbocycles. The Labute approximate surface area is 155 Å². The molecule has 6 nitrogen and oxygen atoms in total. The van der Waals surface area contributed by atoms with Crippen molar-refractivity contribution in [2.75, 3.05) is 11.9 Å². The zero-order valence-electron chi connectivity index (χ0n) is 15.0. The maximum atomic E-state index is 12.1. The van der Waals surface area contributed by atoms with Gasteiger partial charge in [-0.3, -0.25) is 0 Å². The molecule has 0 fully saturated rings. The summed E-state index contributed by atoms with van der Waals surface area (Å²) in [6, 6.07) is 10.2. The number of nitrogens with one attached hydrogen (secondary N) is 1. The summed E-state index contributed by atoms with van der Waals surface area (Å²) in [7, 11) is 0. The number of rotatable bonds is 7. The number of nitrogens with zero attached hydrogens (tertiary/aromatic N) is 2. The van der Waals surface area contributed by atoms with Gasteiger partial charge in [0.15, 0.2) is 12.6 Å². The molecule has 2 aromatic rings. The largest absolute Gasteiger partial charge is 0.491 e. The summed E-state index contributed by atoms with van der Waals surface area (Å²) >= 11 is 0. The van der Waals surface area contributed by atoms with E-state index >= 15 is 0 Å². The summed E-state index contributed by atoms with van der Waals surface area (Å²) in [5, 5.41) is 2.94. The second-order valence-electron chi connectivity index (χ2n) is 5.93. The highest BCUT2D eigenvalue weighted by molar-refractivity contribution is 5.92. The van der Waals surface area contributed by atoms with Crippen LogP contribution in [0.15, 0.2) is 47.6 Å². The molecule has 1 aromatic heterocycles. The topological polar surface area (TPSA) is 81.8 Å². The molecular weight excluding hydrogens is 361 g/mol. The molecule has 0 unspecified atom stereocenters. The summed E-state index contributed by atoms with van der Waals surface area (Å²) in [5.41, 5.74) is 7.27. The number of aromatic nitrogens is 1. The van der Waals surface area contributed by atoms with Crippen LogP contribution in [-0.2, 0) is 6.54 Å². The number of aliphatic imine (C=N–C) groups is 1. The number of hydrogen-bond donors (Lipinski definition) is 2. The van der Waals surface area contributed by atoms with Gasteiger partial charge in [-0.15, -0.1) is 0 Å². The fourth-order valence-corrected chi connectivity index (χ4v) is 2.00. The number of alkyl halides is 3. The summed E-state index contributed by atoms with van der Waals surface area (Å²) in [4.78, 5) is 7.98. The number of pyridine rings is 1. The van der Waals surface area contributed by atoms with Crippen molar-refractivity contribution in [1.82, 2.24) is 4.98 Å². The third-order valence-corrected chi connectivity index (χ3v) is 3.11. The van der Waals surface area contributed by atoms with Crippen molar-refractivity contribution >= 4 is 11.6 Å². The molecule has 0 atom stereocenters. The first-order chi connectivity index (χ1) is 12.7. The second-order valence-corrected chi connectivity index (χ2v) is 5.93. The van der Waals surface area contributed by atoms with Crippen LogP contribution in [0.2, 0.25) is 0 Å². The number of guanidine groups is 1. The molecule has 0 aliphatic carbocycles. The predicted octanol–water partition coefficient (Wildman–Crippen LogP) is 3.74. The first kappa shape index (κ1) is 20.3. The summed E-state index contributed by atoms with van der Waals surface area (Å²) in [6.45, 7) is 2.73. The number of ether oxygens (including phenoxy) is 2. The SMILES string of the molecule is CC(C)Oc1ccc(NC(N)=NCc2ccc(OCC(F)(F)F)nc2)cc1. The smallest absolute Gasteiger partial charge is 0.422 e. The second kappa shape index (κ2) is 9.11. The average molecular weight is 382 g/mol. The molecule has 0 amide bonds. The van der Waals surface area contributed by atoms with Crippen molar-refractivity contribution in [3.05, 3.63) is 48.2 Å². The minimum Gasteiger partial charge on any atom is -0.491 e. The van der Waals surface area contributed by atoms with Gasteiger partial charge in [-0.25, -0.2) is 9.98 Å². The molecule has 0 saturated carbocycles. The van der Waals surface area contributed by atoms with Crippen LogP contribution < -0.4 is 20.5 Å². The van der Waals surface area contributed by atoms with Gasteiger partial charge in [-0.1, -0.05) is 6.07 Å². The maximum absolute atomic E-state index is 12.1. The first-order valence-corrected chi connectivity index (χ1v) is 8.19. The van der Waals surface area contributed by atoms with E-state index < -0.39 is 12.8 Å². The highest BCUT2D eigenvalue weighted by atomic mass is 19.4. The standard InChI is InChI=1S/C18H21F3N4O2/c1-12(2)27-15-6-4-14(5-7-15)25-17(22)24-10-13-3-8-16(23-9-13)26-11-18(19,20)21/h3-9,12H,10-11H2,1-2H3,(H3,22,24,25). The van der Waals surface area contributed by atoms with E-state index in [-0.39, 0.29) is 24.5 Å². The van der Waals surface area contributed by atoms with Gasteiger partial charge in [0.2, 0.25) is 5.88 Å². The molecule has 1 heterocycles. The minimum atomic E-state index is -4.40. The summed E-state index contributed by atoms with van der Waals surface area (Å²) in [6.07, 6.45) is -2.92. The molecule has 0 spiro atoms. The van der Waals surface area contributed by atoms with Crippen molar-refractivity contribution < 1.29 is 22.6 Å². The maximum Gasteiger partial charge on any atom is 0.422 e. The molecule has 2 rings (SSSR count). The Kier molecular flexibility index (Phi) is 6.86. The van der Waals surface area contributed by atoms with E-state index in [1.54, 1.807) is 6.07 Å². The van der Waals surface area contributed by atoms with E-state index in [0.717, 1.165) is 11.4 Å². The molecule has 146 valence electrons. The molecule has 0 radical (unpaired) electrons. The zero-order chi connectivity index (χ0) is 19.9. The van der Waals surface area contributed by atoms with Crippen molar-refractivity contribution in [1.29, 1.82) is 0 Å². The van der Waals surface area contributed by atoms with Gasteiger partial charge in [0.1, 0.15) is 5.75 Å². The summed E-state index contributed by atoms with van der Waals surface area (Å²) < 4.78 is 46.4. The first-order valence-electron chi connectivity index (χ1n) is 8.19. The highest BCUT2D eigenvalue weighted by Gasteiger charge is 2.28. The lowest BCUT2D eigenvalue weighted by atomic mass is 10.3. The van der Waals surface area contributed by atoms with E-state index in [4.69, 9.17) is 10.5 Å². The Morgan fingerprint density at radius 1 is 1.19 bits per heavy atom. The molecule has 9 heteroatoms. The van der Waals surface area contributed by atoms with Gasteiger partial charge in [0.05, 0.1) is 12.6 Å². The Bertz CT molecular complexity index is 745. The molecule has 3 N–H and O–H groups in total. The Morgan fingerprint density at radius 3 is 2.44 bits per heavy atom. The normalized spacial score (nSPS) is 12.1. The third kappa shape index (κ3) is 7.85. The van der Waals surface area contributed by atoms with E-state index in [0.29, 0.717) is 5.56 Å². The molecule has 0 aliphatic rings. The predicted molar refractivity (Wildman–Crippen MR) is 96.9 cm³/mol. The van der Waals surface area contributed by atoms with Gasteiger partial charge in [0, 0.05) is 18.0 Å². The van der Waals surface area contributed by atoms with Crippen LogP contribution in [0.1, 0.15) is 19.4 Å². The lowest BCUT2D eigenvalue weighted by molar-refractivity contribution is -0.154. The van der Waals surface area contributed by atoms with Crippen LogP contribution in [0.25, 0.3) is 0 Å². The number of benzene rings is 1. The molecule has 0 saturated heterocycles. The fraction of sp³-hybridized carbons (Fsp3) is 0.333. The number of anilines is 1. The number of nitrogens with two attached hydrogens (primary N) is 1. The van der Waals surface area contributed by atoms with Gasteiger partial charge >= 0.3 is 6.18 Å².